The highest BCUT2D eigenvalue weighted by atomic mass is 35.5. The number of amides is 2. The van der Waals surface area contributed by atoms with Crippen LogP contribution >= 0.6 is 23.2 Å². The van der Waals surface area contributed by atoms with Crippen LogP contribution in [-0.4, -0.2) is 50.9 Å². The molecule has 0 aromatic heterocycles. The zero-order valence-corrected chi connectivity index (χ0v) is 28.2. The molecule has 0 fully saturated rings. The van der Waals surface area contributed by atoms with Crippen LogP contribution in [0.2, 0.25) is 10.0 Å². The molecule has 0 bridgehead atoms. The standard InChI is InChI=1S/C35H37Cl2N3O5S/c1-4-25(2)38-35(42)33(22-26-10-6-5-7-11-26)39(23-27-12-8-9-13-32(27)37)34(41)24-40(29-16-14-28(36)15-17-29)46(43,44)31-20-18-30(45-3)19-21-31/h5-21,25,33H,4,22-24H2,1-3H3,(H,38,42)/t25-,33-/m0/s1. The van der Waals surface area contributed by atoms with E-state index in [-0.39, 0.29) is 35.5 Å². The molecule has 4 aromatic carbocycles. The minimum Gasteiger partial charge on any atom is -0.497 e. The van der Waals surface area contributed by atoms with Crippen LogP contribution in [0.1, 0.15) is 31.4 Å². The summed E-state index contributed by atoms with van der Waals surface area (Å²) in [5.41, 5.74) is 1.68. The molecule has 1 N–H and O–H groups in total. The van der Waals surface area contributed by atoms with Crippen molar-refractivity contribution in [2.24, 2.45) is 0 Å². The molecule has 2 atom stereocenters. The van der Waals surface area contributed by atoms with Gasteiger partial charge in [-0.3, -0.25) is 13.9 Å². The zero-order valence-electron chi connectivity index (χ0n) is 25.9. The van der Waals surface area contributed by atoms with Gasteiger partial charge in [-0.2, -0.15) is 0 Å². The van der Waals surface area contributed by atoms with E-state index in [1.165, 1.54) is 48.4 Å². The minimum atomic E-state index is -4.27. The van der Waals surface area contributed by atoms with Crippen molar-refractivity contribution in [3.05, 3.63) is 124 Å². The summed E-state index contributed by atoms with van der Waals surface area (Å²) in [4.78, 5) is 29.8. The Labute approximate surface area is 280 Å². The van der Waals surface area contributed by atoms with E-state index in [0.29, 0.717) is 27.8 Å². The smallest absolute Gasteiger partial charge is 0.264 e. The number of anilines is 1. The highest BCUT2D eigenvalue weighted by Crippen LogP contribution is 2.28. The fraction of sp³-hybridized carbons (Fsp3) is 0.257. The summed E-state index contributed by atoms with van der Waals surface area (Å²) in [6, 6.07) is 27.4. The van der Waals surface area contributed by atoms with Gasteiger partial charge in [-0.25, -0.2) is 8.42 Å². The van der Waals surface area contributed by atoms with Gasteiger partial charge in [-0.1, -0.05) is 78.7 Å². The lowest BCUT2D eigenvalue weighted by Gasteiger charge is -2.34. The fourth-order valence-electron chi connectivity index (χ4n) is 4.82. The number of halogens is 2. The predicted octanol–water partition coefficient (Wildman–Crippen LogP) is 6.75. The maximum absolute atomic E-state index is 14.5. The van der Waals surface area contributed by atoms with Crippen molar-refractivity contribution < 1.29 is 22.7 Å². The molecule has 4 aromatic rings. The number of methoxy groups -OCH3 is 1. The molecule has 0 spiro atoms. The van der Waals surface area contributed by atoms with Gasteiger partial charge >= 0.3 is 0 Å². The zero-order chi connectivity index (χ0) is 33.3. The lowest BCUT2D eigenvalue weighted by molar-refractivity contribution is -0.140. The van der Waals surface area contributed by atoms with Crippen LogP contribution in [0.3, 0.4) is 0 Å². The molecule has 0 aliphatic rings. The molecule has 2 amide bonds. The maximum Gasteiger partial charge on any atom is 0.264 e. The molecule has 4 rings (SSSR count). The Hall–Kier alpha value is -4.05. The summed E-state index contributed by atoms with van der Waals surface area (Å²) in [5, 5.41) is 3.84. The Bertz CT molecular complexity index is 1720. The van der Waals surface area contributed by atoms with Crippen LogP contribution in [0.5, 0.6) is 5.75 Å². The number of nitrogens with zero attached hydrogens (tertiary/aromatic N) is 2. The lowest BCUT2D eigenvalue weighted by atomic mass is 10.0. The number of sulfonamides is 1. The predicted molar refractivity (Wildman–Crippen MR) is 183 cm³/mol. The van der Waals surface area contributed by atoms with Crippen LogP contribution < -0.4 is 14.4 Å². The number of carbonyl (C=O) groups is 2. The highest BCUT2D eigenvalue weighted by Gasteiger charge is 2.35. The maximum atomic E-state index is 14.5. The molecule has 0 aliphatic carbocycles. The Balaban J connectivity index is 1.81. The largest absolute Gasteiger partial charge is 0.497 e. The molecule has 0 heterocycles. The number of nitrogens with one attached hydrogen (secondary N) is 1. The van der Waals surface area contributed by atoms with E-state index in [2.05, 4.69) is 5.32 Å². The summed E-state index contributed by atoms with van der Waals surface area (Å²) >= 11 is 12.7. The molecule has 0 saturated carbocycles. The second-order valence-electron chi connectivity index (χ2n) is 10.8. The summed E-state index contributed by atoms with van der Waals surface area (Å²) in [6.07, 6.45) is 0.887. The van der Waals surface area contributed by atoms with Crippen LogP contribution in [0.25, 0.3) is 0 Å². The van der Waals surface area contributed by atoms with Gasteiger partial charge in [-0.15, -0.1) is 0 Å². The second kappa shape index (κ2) is 16.0. The van der Waals surface area contributed by atoms with E-state index in [9.17, 15) is 18.0 Å². The van der Waals surface area contributed by atoms with Crippen molar-refractivity contribution in [2.75, 3.05) is 18.0 Å². The molecule has 0 aliphatic heterocycles. The quantitative estimate of drug-likeness (QED) is 0.159. The van der Waals surface area contributed by atoms with Crippen LogP contribution in [-0.2, 0) is 32.6 Å². The van der Waals surface area contributed by atoms with Crippen molar-refractivity contribution in [2.45, 2.75) is 50.2 Å². The average molecular weight is 683 g/mol. The summed E-state index contributed by atoms with van der Waals surface area (Å²) in [7, 11) is -2.78. The molecular weight excluding hydrogens is 645 g/mol. The van der Waals surface area contributed by atoms with Gasteiger partial charge < -0.3 is 15.0 Å². The van der Waals surface area contributed by atoms with Crippen LogP contribution in [0.15, 0.2) is 108 Å². The molecule has 11 heteroatoms. The lowest BCUT2D eigenvalue weighted by Crippen LogP contribution is -2.54. The number of carbonyl (C=O) groups excluding carboxylic acids is 2. The average Bonchev–Trinajstić information content (AvgIpc) is 3.06. The molecule has 0 unspecified atom stereocenters. The van der Waals surface area contributed by atoms with Crippen LogP contribution in [0.4, 0.5) is 5.69 Å². The van der Waals surface area contributed by atoms with Gasteiger partial charge in [0.15, 0.2) is 0 Å². The van der Waals surface area contributed by atoms with Gasteiger partial charge in [0, 0.05) is 29.1 Å². The Morgan fingerprint density at radius 1 is 0.870 bits per heavy atom. The van der Waals surface area contributed by atoms with Gasteiger partial charge in [0.1, 0.15) is 18.3 Å². The minimum absolute atomic E-state index is 0.0268. The molecule has 0 radical (unpaired) electrons. The molecule has 242 valence electrons. The first-order valence-electron chi connectivity index (χ1n) is 14.8. The first kappa shape index (κ1) is 34.8. The van der Waals surface area contributed by atoms with Crippen molar-refractivity contribution >= 4 is 50.7 Å². The second-order valence-corrected chi connectivity index (χ2v) is 13.5. The monoisotopic (exact) mass is 681 g/mol. The number of rotatable bonds is 14. The SMILES string of the molecule is CC[C@H](C)NC(=O)[C@H](Cc1ccccc1)N(Cc1ccccc1Cl)C(=O)CN(c1ccc(Cl)cc1)S(=O)(=O)c1ccc(OC)cc1. The first-order valence-corrected chi connectivity index (χ1v) is 17.0. The molecule has 8 nitrogen and oxygen atoms in total. The molecule has 0 saturated heterocycles. The van der Waals surface area contributed by atoms with Crippen molar-refractivity contribution in [1.29, 1.82) is 0 Å². The van der Waals surface area contributed by atoms with Crippen molar-refractivity contribution in [3.8, 4) is 5.75 Å². The van der Waals surface area contributed by atoms with Crippen molar-refractivity contribution in [1.82, 2.24) is 10.2 Å². The molecule has 46 heavy (non-hydrogen) atoms. The van der Waals surface area contributed by atoms with E-state index >= 15 is 0 Å². The third-order valence-electron chi connectivity index (χ3n) is 7.61. The summed E-state index contributed by atoms with van der Waals surface area (Å²) in [5.74, 6) is -0.461. The van der Waals surface area contributed by atoms with Gasteiger partial charge in [0.25, 0.3) is 10.0 Å². The van der Waals surface area contributed by atoms with Gasteiger partial charge in [0.05, 0.1) is 17.7 Å². The van der Waals surface area contributed by atoms with Gasteiger partial charge in [-0.05, 0) is 79.1 Å². The third kappa shape index (κ3) is 8.81. The number of ether oxygens (including phenoxy) is 1. The Morgan fingerprint density at radius 2 is 1.50 bits per heavy atom. The van der Waals surface area contributed by atoms with E-state index in [1.807, 2.05) is 44.2 Å². The number of benzene rings is 4. The van der Waals surface area contributed by atoms with E-state index < -0.39 is 28.5 Å². The molecular formula is C35H37Cl2N3O5S. The Kier molecular flexibility index (Phi) is 12.1. The number of hydrogen-bond acceptors (Lipinski definition) is 5. The normalized spacial score (nSPS) is 12.5. The third-order valence-corrected chi connectivity index (χ3v) is 10.0. The highest BCUT2D eigenvalue weighted by molar-refractivity contribution is 7.92. The van der Waals surface area contributed by atoms with Gasteiger partial charge in [0.2, 0.25) is 11.8 Å². The Morgan fingerprint density at radius 3 is 2.11 bits per heavy atom. The van der Waals surface area contributed by atoms with Crippen molar-refractivity contribution in [3.63, 3.8) is 0 Å². The number of hydrogen-bond donors (Lipinski definition) is 1. The fourth-order valence-corrected chi connectivity index (χ4v) is 6.55. The first-order chi connectivity index (χ1) is 22.0. The topological polar surface area (TPSA) is 96.0 Å². The van der Waals surface area contributed by atoms with Crippen LogP contribution in [0, 0.1) is 0 Å². The summed E-state index contributed by atoms with van der Waals surface area (Å²) in [6.45, 7) is 3.22. The summed E-state index contributed by atoms with van der Waals surface area (Å²) < 4.78 is 34.5. The van der Waals surface area contributed by atoms with E-state index in [4.69, 9.17) is 27.9 Å². The van der Waals surface area contributed by atoms with E-state index in [1.54, 1.807) is 36.4 Å². The van der Waals surface area contributed by atoms with E-state index in [0.717, 1.165) is 9.87 Å².